The van der Waals surface area contributed by atoms with Crippen molar-refractivity contribution in [2.24, 2.45) is 5.10 Å². The quantitative estimate of drug-likeness (QED) is 0.459. The van der Waals surface area contributed by atoms with E-state index in [1.165, 1.54) is 0 Å². The Morgan fingerprint density at radius 2 is 2.04 bits per heavy atom. The van der Waals surface area contributed by atoms with Crippen LogP contribution in [0, 0.1) is 12.3 Å². The summed E-state index contributed by atoms with van der Waals surface area (Å²) in [5.74, 6) is 3.34. The molecule has 0 N–H and O–H groups in total. The molecule has 0 aliphatic carbocycles. The maximum Gasteiger partial charge on any atom is 0.181 e. The lowest BCUT2D eigenvalue weighted by molar-refractivity contribution is 0.331. The van der Waals surface area contributed by atoms with Crippen molar-refractivity contribution in [2.45, 2.75) is 0 Å². The highest BCUT2D eigenvalue weighted by atomic mass is 35.5. The second-order valence-electron chi connectivity index (χ2n) is 4.63. The third kappa shape index (κ3) is 4.41. The Kier molecular flexibility index (Phi) is 5.90. The van der Waals surface area contributed by atoms with Gasteiger partial charge in [-0.1, -0.05) is 35.7 Å². The Morgan fingerprint density at radius 1 is 1.30 bits per heavy atom. The highest BCUT2D eigenvalue weighted by molar-refractivity contribution is 6.32. The van der Waals surface area contributed by atoms with Gasteiger partial charge in [-0.2, -0.15) is 5.10 Å². The van der Waals surface area contributed by atoms with Crippen LogP contribution in [0.1, 0.15) is 5.56 Å². The van der Waals surface area contributed by atoms with Gasteiger partial charge in [0.15, 0.2) is 11.5 Å². The lowest BCUT2D eigenvalue weighted by Crippen LogP contribution is -2.08. The van der Waals surface area contributed by atoms with Crippen molar-refractivity contribution in [2.75, 3.05) is 25.8 Å². The second-order valence-corrected chi connectivity index (χ2v) is 5.04. The van der Waals surface area contributed by atoms with Crippen molar-refractivity contribution < 1.29 is 9.47 Å². The van der Waals surface area contributed by atoms with Gasteiger partial charge in [0.25, 0.3) is 0 Å². The molecule has 0 aromatic heterocycles. The summed E-state index contributed by atoms with van der Waals surface area (Å²) in [6.07, 6.45) is 6.90. The summed E-state index contributed by atoms with van der Waals surface area (Å²) in [4.78, 5) is 0. The molecule has 0 spiro atoms. The number of methoxy groups -OCH3 is 1. The molecule has 0 aliphatic rings. The molecule has 23 heavy (non-hydrogen) atoms. The summed E-state index contributed by atoms with van der Waals surface area (Å²) in [6, 6.07) is 13.4. The molecule has 5 heteroatoms. The zero-order valence-electron chi connectivity index (χ0n) is 13.0. The smallest absolute Gasteiger partial charge is 0.181 e. The molecule has 0 atom stereocenters. The van der Waals surface area contributed by atoms with Crippen molar-refractivity contribution in [3.8, 4) is 23.8 Å². The minimum atomic E-state index is 0.125. The van der Waals surface area contributed by atoms with Crippen LogP contribution in [0.15, 0.2) is 47.6 Å². The van der Waals surface area contributed by atoms with Crippen LogP contribution in [0.4, 0.5) is 5.69 Å². The summed E-state index contributed by atoms with van der Waals surface area (Å²) >= 11 is 6.23. The van der Waals surface area contributed by atoms with Crippen molar-refractivity contribution in [1.29, 1.82) is 0 Å². The van der Waals surface area contributed by atoms with E-state index in [1.807, 2.05) is 37.4 Å². The number of ether oxygens (including phenoxy) is 2. The number of anilines is 1. The van der Waals surface area contributed by atoms with Crippen LogP contribution in [0.5, 0.6) is 11.5 Å². The third-order valence-electron chi connectivity index (χ3n) is 3.06. The summed E-state index contributed by atoms with van der Waals surface area (Å²) in [6.45, 7) is 0.125. The van der Waals surface area contributed by atoms with Gasteiger partial charge in [-0.3, -0.25) is 5.01 Å². The fourth-order valence-electron chi connectivity index (χ4n) is 1.93. The number of terminal acetylenes is 1. The molecule has 0 fully saturated rings. The van der Waals surface area contributed by atoms with Crippen LogP contribution in [0.2, 0.25) is 5.02 Å². The van der Waals surface area contributed by atoms with Crippen LogP contribution >= 0.6 is 11.6 Å². The molecule has 118 valence electrons. The molecular weight excluding hydrogens is 312 g/mol. The summed E-state index contributed by atoms with van der Waals surface area (Å²) < 4.78 is 10.7. The molecule has 0 saturated heterocycles. The fraction of sp³-hybridized carbons (Fsp3) is 0.167. The van der Waals surface area contributed by atoms with Crippen molar-refractivity contribution in [3.63, 3.8) is 0 Å². The number of benzene rings is 2. The number of halogens is 1. The van der Waals surface area contributed by atoms with E-state index in [-0.39, 0.29) is 6.61 Å². The Morgan fingerprint density at radius 3 is 2.70 bits per heavy atom. The van der Waals surface area contributed by atoms with E-state index < -0.39 is 0 Å². The highest BCUT2D eigenvalue weighted by Crippen LogP contribution is 2.36. The van der Waals surface area contributed by atoms with Crippen LogP contribution in [0.25, 0.3) is 0 Å². The van der Waals surface area contributed by atoms with Crippen molar-refractivity contribution >= 4 is 23.5 Å². The Balaban J connectivity index is 2.22. The number of hydrogen-bond donors (Lipinski definition) is 0. The first kappa shape index (κ1) is 16.7. The summed E-state index contributed by atoms with van der Waals surface area (Å²) in [5, 5.41) is 6.58. The van der Waals surface area contributed by atoms with Gasteiger partial charge in [-0.05, 0) is 29.8 Å². The lowest BCUT2D eigenvalue weighted by Gasteiger charge is -2.13. The van der Waals surface area contributed by atoms with Gasteiger partial charge in [0.05, 0.1) is 24.0 Å². The second kappa shape index (κ2) is 8.11. The minimum absolute atomic E-state index is 0.125. The number of rotatable bonds is 6. The molecular formula is C18H17ClN2O2. The first-order valence-electron chi connectivity index (χ1n) is 6.92. The zero-order chi connectivity index (χ0) is 16.7. The SMILES string of the molecule is C#CCOc1c(Cl)cc(/C=N\N(C)c2ccccc2)cc1OC. The van der Waals surface area contributed by atoms with Gasteiger partial charge in [0.2, 0.25) is 0 Å². The first-order chi connectivity index (χ1) is 11.2. The highest BCUT2D eigenvalue weighted by Gasteiger charge is 2.11. The normalized spacial score (nSPS) is 10.3. The number of nitrogens with zero attached hydrogens (tertiary/aromatic N) is 2. The van der Waals surface area contributed by atoms with Gasteiger partial charge < -0.3 is 9.47 Å². The molecule has 4 nitrogen and oxygen atoms in total. The molecule has 0 amide bonds. The van der Waals surface area contributed by atoms with Crippen LogP contribution in [0.3, 0.4) is 0 Å². The molecule has 2 rings (SSSR count). The van der Waals surface area contributed by atoms with E-state index in [1.54, 1.807) is 30.5 Å². The van der Waals surface area contributed by atoms with E-state index in [2.05, 4.69) is 11.0 Å². The number of hydrazone groups is 1. The molecule has 0 aliphatic heterocycles. The molecule has 2 aromatic carbocycles. The zero-order valence-corrected chi connectivity index (χ0v) is 13.7. The predicted octanol–water partition coefficient (Wildman–Crippen LogP) is 3.83. The molecule has 0 bridgehead atoms. The number of para-hydroxylation sites is 1. The third-order valence-corrected chi connectivity index (χ3v) is 3.34. The maximum atomic E-state index is 6.23. The average Bonchev–Trinajstić information content (AvgIpc) is 2.59. The Labute approximate surface area is 141 Å². The van der Waals surface area contributed by atoms with E-state index >= 15 is 0 Å². The molecule has 0 unspecified atom stereocenters. The number of hydrogen-bond acceptors (Lipinski definition) is 4. The average molecular weight is 329 g/mol. The Hall–Kier alpha value is -2.64. The van der Waals surface area contributed by atoms with Gasteiger partial charge in [0.1, 0.15) is 6.61 Å². The predicted molar refractivity (Wildman–Crippen MR) is 94.8 cm³/mol. The van der Waals surface area contributed by atoms with E-state index in [0.29, 0.717) is 16.5 Å². The minimum Gasteiger partial charge on any atom is -0.493 e. The molecule has 0 radical (unpaired) electrons. The van der Waals surface area contributed by atoms with Crippen LogP contribution in [-0.2, 0) is 0 Å². The van der Waals surface area contributed by atoms with Crippen LogP contribution in [-0.4, -0.2) is 27.0 Å². The van der Waals surface area contributed by atoms with Crippen molar-refractivity contribution in [1.82, 2.24) is 0 Å². The van der Waals surface area contributed by atoms with Gasteiger partial charge >= 0.3 is 0 Å². The molecule has 2 aromatic rings. The lowest BCUT2D eigenvalue weighted by atomic mass is 10.2. The van der Waals surface area contributed by atoms with E-state index in [4.69, 9.17) is 27.5 Å². The molecule has 0 heterocycles. The monoisotopic (exact) mass is 328 g/mol. The standard InChI is InChI=1S/C18H17ClN2O2/c1-4-10-23-18-16(19)11-14(12-17(18)22-3)13-20-21(2)15-8-6-5-7-9-15/h1,5-9,11-13H,10H2,2-3H3/b20-13-. The summed E-state index contributed by atoms with van der Waals surface area (Å²) in [5.41, 5.74) is 1.78. The summed E-state index contributed by atoms with van der Waals surface area (Å²) in [7, 11) is 3.42. The topological polar surface area (TPSA) is 34.1 Å². The first-order valence-corrected chi connectivity index (χ1v) is 7.30. The van der Waals surface area contributed by atoms with E-state index in [9.17, 15) is 0 Å². The Bertz CT molecular complexity index is 724. The maximum absolute atomic E-state index is 6.23. The van der Waals surface area contributed by atoms with Crippen molar-refractivity contribution in [3.05, 3.63) is 53.1 Å². The molecule has 0 saturated carbocycles. The van der Waals surface area contributed by atoms with Crippen LogP contribution < -0.4 is 14.5 Å². The fourth-order valence-corrected chi connectivity index (χ4v) is 2.21. The van der Waals surface area contributed by atoms with Gasteiger partial charge in [-0.15, -0.1) is 6.42 Å². The van der Waals surface area contributed by atoms with Gasteiger partial charge in [0, 0.05) is 7.05 Å². The van der Waals surface area contributed by atoms with E-state index in [0.717, 1.165) is 11.3 Å². The largest absolute Gasteiger partial charge is 0.493 e. The van der Waals surface area contributed by atoms with Gasteiger partial charge in [-0.25, -0.2) is 0 Å².